The molecular weight excluding hydrogens is 753 g/mol. The van der Waals surface area contributed by atoms with E-state index in [9.17, 15) is 0 Å². The quantitative estimate of drug-likeness (QED) is 0.150. The van der Waals surface area contributed by atoms with Gasteiger partial charge >= 0.3 is 0 Å². The van der Waals surface area contributed by atoms with Crippen LogP contribution in [-0.2, 0) is 5.41 Å². The smallest absolute Gasteiger partial charge is 0.159 e. The third-order valence-corrected chi connectivity index (χ3v) is 13.0. The second-order valence-electron chi connectivity index (χ2n) is 16.9. The van der Waals surface area contributed by atoms with Crippen LogP contribution in [0.4, 0.5) is 34.1 Å². The summed E-state index contributed by atoms with van der Waals surface area (Å²) in [6.07, 6.45) is 0. The second kappa shape index (κ2) is 14.1. The van der Waals surface area contributed by atoms with Crippen molar-refractivity contribution in [3.05, 3.63) is 230 Å². The zero-order valence-corrected chi connectivity index (χ0v) is 34.6. The van der Waals surface area contributed by atoms with Gasteiger partial charge in [0.05, 0.1) is 5.69 Å². The Balaban J connectivity index is 1.04. The van der Waals surface area contributed by atoms with Gasteiger partial charge < -0.3 is 14.2 Å². The summed E-state index contributed by atoms with van der Waals surface area (Å²) in [4.78, 5) is 4.72. The fourth-order valence-electron chi connectivity index (χ4n) is 10.1. The normalized spacial score (nSPS) is 12.8. The van der Waals surface area contributed by atoms with Gasteiger partial charge in [-0.25, -0.2) is 0 Å². The Hall–Kier alpha value is -7.88. The van der Waals surface area contributed by atoms with Crippen molar-refractivity contribution in [1.29, 1.82) is 0 Å². The predicted molar refractivity (Wildman–Crippen MR) is 261 cm³/mol. The minimum absolute atomic E-state index is 0.290. The summed E-state index contributed by atoms with van der Waals surface area (Å²) >= 11 is 0. The summed E-state index contributed by atoms with van der Waals surface area (Å²) in [5.41, 5.74) is 15.4. The lowest BCUT2D eigenvalue weighted by atomic mass is 9.68. The highest BCUT2D eigenvalue weighted by molar-refractivity contribution is 6.18. The standard InChI is InChI=1S/C59H42N2O/c1-59(2)53-30-16-27-48-51-37-44(60(41-20-9-4-10-21-41)42-22-11-5-12-23-42)33-32-40(51)36-52(56(48)53)47-35-34-45(38-54(47)59)61(43-24-13-6-14-25-43)55-31-17-29-50-49-28-15-26-46(57(49)62-58(50)55)39-18-7-3-8-19-39/h3-38H,1-2H3. The minimum atomic E-state index is -0.290. The summed E-state index contributed by atoms with van der Waals surface area (Å²) in [5.74, 6) is 0. The van der Waals surface area contributed by atoms with Gasteiger partial charge in [0.1, 0.15) is 5.58 Å². The summed E-state index contributed by atoms with van der Waals surface area (Å²) < 4.78 is 7.00. The number of furan rings is 1. The van der Waals surface area contributed by atoms with E-state index in [2.05, 4.69) is 242 Å². The first-order valence-corrected chi connectivity index (χ1v) is 21.4. The van der Waals surface area contributed by atoms with Gasteiger partial charge in [0.15, 0.2) is 5.58 Å². The number of hydrogen-bond acceptors (Lipinski definition) is 3. The van der Waals surface area contributed by atoms with E-state index in [4.69, 9.17) is 4.42 Å². The van der Waals surface area contributed by atoms with E-state index >= 15 is 0 Å². The van der Waals surface area contributed by atoms with Crippen molar-refractivity contribution in [3.63, 3.8) is 0 Å². The van der Waals surface area contributed by atoms with Crippen LogP contribution in [0.1, 0.15) is 25.0 Å². The van der Waals surface area contributed by atoms with Crippen LogP contribution in [0.5, 0.6) is 0 Å². The maximum absolute atomic E-state index is 7.00. The van der Waals surface area contributed by atoms with Gasteiger partial charge in [0.2, 0.25) is 0 Å². The van der Waals surface area contributed by atoms with E-state index in [-0.39, 0.29) is 5.41 Å². The molecule has 1 aromatic heterocycles. The van der Waals surface area contributed by atoms with Gasteiger partial charge in [-0.05, 0) is 122 Å². The van der Waals surface area contributed by atoms with Gasteiger partial charge in [0, 0.05) is 50.2 Å². The van der Waals surface area contributed by atoms with Crippen molar-refractivity contribution < 1.29 is 4.42 Å². The van der Waals surface area contributed by atoms with Crippen LogP contribution in [0.2, 0.25) is 0 Å². The molecule has 10 aromatic carbocycles. The maximum Gasteiger partial charge on any atom is 0.159 e. The number of rotatable bonds is 7. The lowest BCUT2D eigenvalue weighted by molar-refractivity contribution is 0.645. The monoisotopic (exact) mass is 794 g/mol. The van der Waals surface area contributed by atoms with Gasteiger partial charge in [-0.3, -0.25) is 0 Å². The largest absolute Gasteiger partial charge is 0.453 e. The lowest BCUT2D eigenvalue weighted by Crippen LogP contribution is -2.24. The van der Waals surface area contributed by atoms with Gasteiger partial charge in [-0.2, -0.15) is 0 Å². The van der Waals surface area contributed by atoms with Crippen LogP contribution >= 0.6 is 0 Å². The number of fused-ring (bicyclic) bond motifs is 7. The van der Waals surface area contributed by atoms with E-state index < -0.39 is 0 Å². The Morgan fingerprint density at radius 1 is 0.355 bits per heavy atom. The molecule has 12 rings (SSSR count). The topological polar surface area (TPSA) is 19.6 Å². The number of para-hydroxylation sites is 5. The van der Waals surface area contributed by atoms with Crippen LogP contribution in [0.15, 0.2) is 223 Å². The Labute approximate surface area is 361 Å². The van der Waals surface area contributed by atoms with Crippen molar-refractivity contribution in [2.24, 2.45) is 0 Å². The molecule has 0 atom stereocenters. The Bertz CT molecular complexity index is 3440. The average Bonchev–Trinajstić information content (AvgIpc) is 3.72. The molecule has 0 amide bonds. The van der Waals surface area contributed by atoms with Crippen LogP contribution in [0.25, 0.3) is 65.7 Å². The molecule has 1 aliphatic carbocycles. The van der Waals surface area contributed by atoms with Crippen LogP contribution in [0, 0.1) is 0 Å². The summed E-state index contributed by atoms with van der Waals surface area (Å²) in [7, 11) is 0. The Morgan fingerprint density at radius 2 is 0.919 bits per heavy atom. The third-order valence-electron chi connectivity index (χ3n) is 13.0. The van der Waals surface area contributed by atoms with Crippen LogP contribution < -0.4 is 9.80 Å². The van der Waals surface area contributed by atoms with Crippen molar-refractivity contribution >= 4 is 77.6 Å². The highest BCUT2D eigenvalue weighted by Gasteiger charge is 2.35. The summed E-state index contributed by atoms with van der Waals surface area (Å²) in [5, 5.41) is 7.29. The first-order valence-electron chi connectivity index (χ1n) is 21.4. The minimum Gasteiger partial charge on any atom is -0.453 e. The van der Waals surface area contributed by atoms with Gasteiger partial charge in [-0.15, -0.1) is 0 Å². The van der Waals surface area contributed by atoms with Crippen LogP contribution in [0.3, 0.4) is 0 Å². The number of anilines is 6. The number of hydrogen-bond donors (Lipinski definition) is 0. The molecule has 1 aliphatic rings. The van der Waals surface area contributed by atoms with E-state index in [1.165, 1.54) is 43.8 Å². The summed E-state index contributed by atoms with van der Waals surface area (Å²) in [6.45, 7) is 4.77. The Morgan fingerprint density at radius 3 is 1.61 bits per heavy atom. The average molecular weight is 795 g/mol. The van der Waals surface area contributed by atoms with Crippen molar-refractivity contribution in [2.45, 2.75) is 19.3 Å². The van der Waals surface area contributed by atoms with Gasteiger partial charge in [0.25, 0.3) is 0 Å². The SMILES string of the molecule is CC1(C)c2cc(N(c3ccccc3)c3cccc4c3oc3c(-c5ccccc5)cccc34)ccc2-c2cc3ccc(N(c4ccccc4)c4ccccc4)cc3c3cccc1c23. The zero-order chi connectivity index (χ0) is 41.4. The number of benzene rings is 10. The van der Waals surface area contributed by atoms with E-state index in [0.29, 0.717) is 0 Å². The molecule has 0 fully saturated rings. The highest BCUT2D eigenvalue weighted by atomic mass is 16.3. The lowest BCUT2D eigenvalue weighted by Gasteiger charge is -2.37. The molecule has 0 radical (unpaired) electrons. The van der Waals surface area contributed by atoms with E-state index in [0.717, 1.165) is 67.2 Å². The molecule has 3 heteroatoms. The molecule has 62 heavy (non-hydrogen) atoms. The van der Waals surface area contributed by atoms with Crippen molar-refractivity contribution in [1.82, 2.24) is 0 Å². The first kappa shape index (κ1) is 36.0. The second-order valence-corrected chi connectivity index (χ2v) is 16.9. The number of nitrogens with zero attached hydrogens (tertiary/aromatic N) is 2. The molecule has 0 N–H and O–H groups in total. The summed E-state index contributed by atoms with van der Waals surface area (Å²) in [6, 6.07) is 78.9. The fourth-order valence-corrected chi connectivity index (χ4v) is 10.1. The third kappa shape index (κ3) is 5.59. The molecule has 1 heterocycles. The molecular formula is C59H42N2O. The molecule has 0 spiro atoms. The molecule has 0 bridgehead atoms. The Kier molecular flexibility index (Phi) is 8.20. The van der Waals surface area contributed by atoms with Crippen LogP contribution in [-0.4, -0.2) is 0 Å². The predicted octanol–water partition coefficient (Wildman–Crippen LogP) is 16.8. The molecule has 11 aromatic rings. The van der Waals surface area contributed by atoms with Crippen molar-refractivity contribution in [2.75, 3.05) is 9.80 Å². The molecule has 3 nitrogen and oxygen atoms in total. The van der Waals surface area contributed by atoms with Gasteiger partial charge in [-0.1, -0.05) is 159 Å². The first-order chi connectivity index (χ1) is 30.5. The fraction of sp³-hybridized carbons (Fsp3) is 0.0508. The molecule has 0 saturated carbocycles. The zero-order valence-electron chi connectivity index (χ0n) is 34.6. The molecule has 294 valence electrons. The van der Waals surface area contributed by atoms with E-state index in [1.807, 2.05) is 0 Å². The van der Waals surface area contributed by atoms with Crippen molar-refractivity contribution in [3.8, 4) is 22.3 Å². The maximum atomic E-state index is 7.00. The highest BCUT2D eigenvalue weighted by Crippen LogP contribution is 2.53. The molecule has 0 unspecified atom stereocenters. The molecule has 0 aliphatic heterocycles. The molecule has 0 saturated heterocycles. The van der Waals surface area contributed by atoms with E-state index in [1.54, 1.807) is 0 Å².